The van der Waals surface area contributed by atoms with Gasteiger partial charge in [0.2, 0.25) is 5.91 Å². The Balaban J connectivity index is 2.25. The summed E-state index contributed by atoms with van der Waals surface area (Å²) in [6.07, 6.45) is 0.408. The van der Waals surface area contributed by atoms with Crippen LogP contribution in [0.5, 0.6) is 0 Å². The maximum absolute atomic E-state index is 11.8. The zero-order chi connectivity index (χ0) is 15.0. The molecular formula is C14H17ClN2O3. The molecule has 2 amide bonds. The Labute approximate surface area is 122 Å². The summed E-state index contributed by atoms with van der Waals surface area (Å²) in [6.45, 7) is 2.06. The van der Waals surface area contributed by atoms with Crippen LogP contribution in [-0.2, 0) is 9.59 Å². The molecule has 0 aliphatic rings. The number of nitrogens with one attached hydrogen (secondary N) is 2. The first-order valence-corrected chi connectivity index (χ1v) is 6.67. The minimum Gasteiger partial charge on any atom is -0.354 e. The number of amides is 2. The van der Waals surface area contributed by atoms with Gasteiger partial charge in [-0.3, -0.25) is 9.59 Å². The van der Waals surface area contributed by atoms with Gasteiger partial charge in [-0.05, 0) is 19.1 Å². The Bertz CT molecular complexity index is 503. The van der Waals surface area contributed by atoms with E-state index in [-0.39, 0.29) is 30.4 Å². The maximum Gasteiger partial charge on any atom is 0.252 e. The zero-order valence-electron chi connectivity index (χ0n) is 11.2. The molecule has 0 atom stereocenters. The Morgan fingerprint density at radius 2 is 1.70 bits per heavy atom. The lowest BCUT2D eigenvalue weighted by Gasteiger charge is -2.07. The Morgan fingerprint density at radius 3 is 2.35 bits per heavy atom. The molecule has 1 rings (SSSR count). The molecule has 1 aromatic carbocycles. The molecule has 0 unspecified atom stereocenters. The highest BCUT2D eigenvalue weighted by Gasteiger charge is 2.08. The van der Waals surface area contributed by atoms with Crippen LogP contribution in [-0.4, -0.2) is 30.7 Å². The van der Waals surface area contributed by atoms with Crippen molar-refractivity contribution in [2.45, 2.75) is 19.8 Å². The molecule has 5 nitrogen and oxygen atoms in total. The summed E-state index contributed by atoms with van der Waals surface area (Å²) in [6, 6.07) is 6.74. The van der Waals surface area contributed by atoms with Gasteiger partial charge in [-0.2, -0.15) is 0 Å². The SMILES string of the molecule is CC(=O)CCC(=O)NCCNC(=O)c1ccccc1Cl. The van der Waals surface area contributed by atoms with Crippen molar-refractivity contribution in [3.8, 4) is 0 Å². The first-order chi connectivity index (χ1) is 9.50. The van der Waals surface area contributed by atoms with Crippen LogP contribution < -0.4 is 10.6 Å². The van der Waals surface area contributed by atoms with E-state index in [1.165, 1.54) is 6.92 Å². The molecule has 0 bridgehead atoms. The summed E-state index contributed by atoms with van der Waals surface area (Å²) in [5.41, 5.74) is 0.400. The van der Waals surface area contributed by atoms with Gasteiger partial charge < -0.3 is 15.4 Å². The topological polar surface area (TPSA) is 75.3 Å². The lowest BCUT2D eigenvalue weighted by atomic mass is 10.2. The van der Waals surface area contributed by atoms with E-state index in [1.807, 2.05) is 0 Å². The molecule has 0 aromatic heterocycles. The molecular weight excluding hydrogens is 280 g/mol. The Hall–Kier alpha value is -1.88. The van der Waals surface area contributed by atoms with Gasteiger partial charge in [-0.15, -0.1) is 0 Å². The van der Waals surface area contributed by atoms with Crippen LogP contribution in [0, 0.1) is 0 Å². The maximum atomic E-state index is 11.8. The molecule has 0 aliphatic carbocycles. The molecule has 20 heavy (non-hydrogen) atoms. The van der Waals surface area contributed by atoms with Crippen LogP contribution in [0.25, 0.3) is 0 Å². The van der Waals surface area contributed by atoms with E-state index >= 15 is 0 Å². The summed E-state index contributed by atoms with van der Waals surface area (Å²) in [4.78, 5) is 33.8. The highest BCUT2D eigenvalue weighted by atomic mass is 35.5. The fourth-order valence-electron chi connectivity index (χ4n) is 1.50. The zero-order valence-corrected chi connectivity index (χ0v) is 12.0. The van der Waals surface area contributed by atoms with E-state index in [9.17, 15) is 14.4 Å². The highest BCUT2D eigenvalue weighted by molar-refractivity contribution is 6.33. The molecule has 0 saturated heterocycles. The van der Waals surface area contributed by atoms with Crippen LogP contribution in [0.1, 0.15) is 30.1 Å². The Morgan fingerprint density at radius 1 is 1.05 bits per heavy atom. The highest BCUT2D eigenvalue weighted by Crippen LogP contribution is 2.14. The second-order valence-electron chi connectivity index (χ2n) is 4.29. The van der Waals surface area contributed by atoms with Gasteiger partial charge in [0.15, 0.2) is 0 Å². The van der Waals surface area contributed by atoms with Gasteiger partial charge in [0.1, 0.15) is 5.78 Å². The second kappa shape index (κ2) is 8.32. The van der Waals surface area contributed by atoms with Crippen LogP contribution in [0.3, 0.4) is 0 Å². The van der Waals surface area contributed by atoms with Gasteiger partial charge in [-0.1, -0.05) is 23.7 Å². The van der Waals surface area contributed by atoms with E-state index in [4.69, 9.17) is 11.6 Å². The van der Waals surface area contributed by atoms with Crippen molar-refractivity contribution in [3.63, 3.8) is 0 Å². The van der Waals surface area contributed by atoms with Crippen molar-refractivity contribution in [3.05, 3.63) is 34.9 Å². The molecule has 0 heterocycles. The van der Waals surface area contributed by atoms with E-state index in [0.717, 1.165) is 0 Å². The molecule has 0 aliphatic heterocycles. The third-order valence-corrected chi connectivity index (χ3v) is 2.88. The van der Waals surface area contributed by atoms with Crippen LogP contribution in [0.2, 0.25) is 5.02 Å². The van der Waals surface area contributed by atoms with Gasteiger partial charge in [0, 0.05) is 25.9 Å². The molecule has 0 fully saturated rings. The quantitative estimate of drug-likeness (QED) is 0.750. The van der Waals surface area contributed by atoms with Gasteiger partial charge in [0.25, 0.3) is 5.91 Å². The molecule has 1 aromatic rings. The minimum atomic E-state index is -0.284. The fourth-order valence-corrected chi connectivity index (χ4v) is 1.72. The number of benzene rings is 1. The normalized spacial score (nSPS) is 9.90. The van der Waals surface area contributed by atoms with Crippen molar-refractivity contribution in [1.29, 1.82) is 0 Å². The van der Waals surface area contributed by atoms with Crippen molar-refractivity contribution in [1.82, 2.24) is 10.6 Å². The molecule has 0 saturated carbocycles. The number of halogens is 1. The van der Waals surface area contributed by atoms with Gasteiger partial charge >= 0.3 is 0 Å². The number of rotatable bonds is 7. The number of carbonyl (C=O) groups excluding carboxylic acids is 3. The number of carbonyl (C=O) groups is 3. The third-order valence-electron chi connectivity index (χ3n) is 2.56. The van der Waals surface area contributed by atoms with Gasteiger partial charge in [-0.25, -0.2) is 0 Å². The predicted molar refractivity (Wildman–Crippen MR) is 76.7 cm³/mol. The molecule has 0 radical (unpaired) electrons. The van der Waals surface area contributed by atoms with E-state index in [2.05, 4.69) is 10.6 Å². The summed E-state index contributed by atoms with van der Waals surface area (Å²) in [5.74, 6) is -0.507. The standard InChI is InChI=1S/C14H17ClN2O3/c1-10(18)6-7-13(19)16-8-9-17-14(20)11-4-2-3-5-12(11)15/h2-5H,6-9H2,1H3,(H,16,19)(H,17,20). The van der Waals surface area contributed by atoms with Crippen molar-refractivity contribution in [2.75, 3.05) is 13.1 Å². The average Bonchev–Trinajstić information content (AvgIpc) is 2.41. The fraction of sp³-hybridized carbons (Fsp3) is 0.357. The lowest BCUT2D eigenvalue weighted by Crippen LogP contribution is -2.34. The van der Waals surface area contributed by atoms with Crippen molar-refractivity contribution in [2.24, 2.45) is 0 Å². The summed E-state index contributed by atoms with van der Waals surface area (Å²) < 4.78 is 0. The van der Waals surface area contributed by atoms with E-state index in [1.54, 1.807) is 24.3 Å². The number of Topliss-reactive ketones (excluding diaryl/α,β-unsaturated/α-hetero) is 1. The largest absolute Gasteiger partial charge is 0.354 e. The first kappa shape index (κ1) is 16.2. The van der Waals surface area contributed by atoms with Crippen LogP contribution in [0.4, 0.5) is 0 Å². The first-order valence-electron chi connectivity index (χ1n) is 6.29. The minimum absolute atomic E-state index is 0.0211. The van der Waals surface area contributed by atoms with Crippen LogP contribution in [0.15, 0.2) is 24.3 Å². The smallest absolute Gasteiger partial charge is 0.252 e. The predicted octanol–water partition coefficient (Wildman–Crippen LogP) is 1.56. The summed E-state index contributed by atoms with van der Waals surface area (Å²) in [7, 11) is 0. The summed E-state index contributed by atoms with van der Waals surface area (Å²) >= 11 is 5.89. The monoisotopic (exact) mass is 296 g/mol. The number of hydrogen-bond acceptors (Lipinski definition) is 3. The third kappa shape index (κ3) is 5.84. The molecule has 6 heteroatoms. The molecule has 0 spiro atoms. The lowest BCUT2D eigenvalue weighted by molar-refractivity contribution is -0.124. The van der Waals surface area contributed by atoms with Crippen molar-refractivity contribution < 1.29 is 14.4 Å². The summed E-state index contributed by atoms with van der Waals surface area (Å²) in [5, 5.41) is 5.66. The second-order valence-corrected chi connectivity index (χ2v) is 4.69. The Kier molecular flexibility index (Phi) is 6.73. The number of hydrogen-bond donors (Lipinski definition) is 2. The van der Waals surface area contributed by atoms with E-state index in [0.29, 0.717) is 23.7 Å². The number of ketones is 1. The average molecular weight is 297 g/mol. The van der Waals surface area contributed by atoms with E-state index < -0.39 is 0 Å². The molecule has 2 N–H and O–H groups in total. The molecule has 108 valence electrons. The van der Waals surface area contributed by atoms with Crippen molar-refractivity contribution >= 4 is 29.2 Å². The van der Waals surface area contributed by atoms with Gasteiger partial charge in [0.05, 0.1) is 10.6 Å². The van der Waals surface area contributed by atoms with Crippen LogP contribution >= 0.6 is 11.6 Å².